The molecule has 4 N–H and O–H groups in total. The van der Waals surface area contributed by atoms with Crippen molar-refractivity contribution < 1.29 is 9.90 Å². The summed E-state index contributed by atoms with van der Waals surface area (Å²) in [5.74, 6) is -0.470. The molecule has 1 aliphatic rings. The summed E-state index contributed by atoms with van der Waals surface area (Å²) < 4.78 is 0. The summed E-state index contributed by atoms with van der Waals surface area (Å²) in [4.78, 5) is 16.2. The Kier molecular flexibility index (Phi) is 1.98. The van der Waals surface area contributed by atoms with Crippen molar-refractivity contribution in [1.82, 2.24) is 4.98 Å². The largest absolute Gasteiger partial charge is 0.375 e. The van der Waals surface area contributed by atoms with Crippen molar-refractivity contribution in [2.45, 2.75) is 5.60 Å². The van der Waals surface area contributed by atoms with Crippen molar-refractivity contribution in [3.8, 4) is 0 Å². The van der Waals surface area contributed by atoms with E-state index in [4.69, 9.17) is 5.73 Å². The standard InChI is InChI=1S/C11H9N3O2S/c12-10-13-5-8(17-10)11(16)6-3-1-2-4-7(6)14-9(11)15/h1-5,16H,(H2,12,13)(H,14,15). The number of nitrogens with zero attached hydrogens (tertiary/aromatic N) is 1. The third-order valence-corrected chi connectivity index (χ3v) is 3.71. The van der Waals surface area contributed by atoms with E-state index in [2.05, 4.69) is 10.3 Å². The van der Waals surface area contributed by atoms with Gasteiger partial charge in [-0.15, -0.1) is 0 Å². The van der Waals surface area contributed by atoms with E-state index in [9.17, 15) is 9.90 Å². The molecular weight excluding hydrogens is 238 g/mol. The second-order valence-electron chi connectivity index (χ2n) is 3.77. The Morgan fingerprint density at radius 1 is 1.41 bits per heavy atom. The highest BCUT2D eigenvalue weighted by Gasteiger charge is 2.48. The number of fused-ring (bicyclic) bond motifs is 1. The van der Waals surface area contributed by atoms with E-state index in [1.54, 1.807) is 24.3 Å². The fourth-order valence-corrected chi connectivity index (χ4v) is 2.73. The van der Waals surface area contributed by atoms with Crippen LogP contribution in [-0.4, -0.2) is 16.0 Å². The normalized spacial score (nSPS) is 22.3. The van der Waals surface area contributed by atoms with Gasteiger partial charge in [0.1, 0.15) is 0 Å². The lowest BCUT2D eigenvalue weighted by Gasteiger charge is -2.18. The number of nitrogen functional groups attached to an aromatic ring is 1. The van der Waals surface area contributed by atoms with E-state index in [0.717, 1.165) is 11.3 Å². The summed E-state index contributed by atoms with van der Waals surface area (Å²) in [5, 5.41) is 13.6. The zero-order chi connectivity index (χ0) is 12.0. The van der Waals surface area contributed by atoms with Gasteiger partial charge in [0, 0.05) is 17.4 Å². The zero-order valence-corrected chi connectivity index (χ0v) is 9.49. The smallest absolute Gasteiger partial charge is 0.266 e. The van der Waals surface area contributed by atoms with Crippen LogP contribution in [0.25, 0.3) is 0 Å². The molecule has 0 saturated carbocycles. The lowest BCUT2D eigenvalue weighted by atomic mass is 9.94. The third kappa shape index (κ3) is 1.28. The number of benzene rings is 1. The number of aromatic nitrogens is 1. The zero-order valence-electron chi connectivity index (χ0n) is 8.68. The SMILES string of the molecule is Nc1ncc(C2(O)C(=O)Nc3ccccc32)s1. The molecule has 0 radical (unpaired) electrons. The minimum Gasteiger partial charge on any atom is -0.375 e. The fraction of sp³-hybridized carbons (Fsp3) is 0.0909. The Hall–Kier alpha value is -1.92. The molecule has 0 aliphatic carbocycles. The van der Waals surface area contributed by atoms with Crippen molar-refractivity contribution >= 4 is 28.1 Å². The Bertz CT molecular complexity index is 610. The average molecular weight is 247 g/mol. The Labute approximate surface area is 101 Å². The van der Waals surface area contributed by atoms with Crippen LogP contribution in [0, 0.1) is 0 Å². The van der Waals surface area contributed by atoms with E-state index in [1.165, 1.54) is 6.20 Å². The van der Waals surface area contributed by atoms with Crippen LogP contribution in [0.4, 0.5) is 10.8 Å². The molecule has 1 amide bonds. The fourth-order valence-electron chi connectivity index (χ4n) is 1.94. The van der Waals surface area contributed by atoms with E-state index in [-0.39, 0.29) is 0 Å². The Morgan fingerprint density at radius 2 is 2.18 bits per heavy atom. The summed E-state index contributed by atoms with van der Waals surface area (Å²) in [6, 6.07) is 7.03. The summed E-state index contributed by atoms with van der Waals surface area (Å²) >= 11 is 1.11. The predicted molar refractivity (Wildman–Crippen MR) is 64.6 cm³/mol. The summed E-state index contributed by atoms with van der Waals surface area (Å²) in [7, 11) is 0. The quantitative estimate of drug-likeness (QED) is 0.699. The van der Waals surface area contributed by atoms with Crippen LogP contribution in [0.15, 0.2) is 30.5 Å². The van der Waals surface area contributed by atoms with Crippen molar-refractivity contribution in [2.24, 2.45) is 0 Å². The summed E-state index contributed by atoms with van der Waals surface area (Å²) in [6.07, 6.45) is 1.43. The number of nitrogens with two attached hydrogens (primary N) is 1. The van der Waals surface area contributed by atoms with Crippen molar-refractivity contribution in [3.05, 3.63) is 40.9 Å². The van der Waals surface area contributed by atoms with Crippen molar-refractivity contribution in [1.29, 1.82) is 0 Å². The molecule has 1 aromatic heterocycles. The number of hydrogen-bond acceptors (Lipinski definition) is 5. The number of rotatable bonds is 1. The highest BCUT2D eigenvalue weighted by Crippen LogP contribution is 2.42. The van der Waals surface area contributed by atoms with Crippen LogP contribution >= 0.6 is 11.3 Å². The van der Waals surface area contributed by atoms with E-state index >= 15 is 0 Å². The predicted octanol–water partition coefficient (Wildman–Crippen LogP) is 0.913. The number of carbonyl (C=O) groups is 1. The van der Waals surface area contributed by atoms with Crippen LogP contribution in [0.3, 0.4) is 0 Å². The molecule has 17 heavy (non-hydrogen) atoms. The van der Waals surface area contributed by atoms with Gasteiger partial charge in [0.05, 0.1) is 4.88 Å². The maximum Gasteiger partial charge on any atom is 0.266 e. The van der Waals surface area contributed by atoms with Gasteiger partial charge in [0.25, 0.3) is 5.91 Å². The molecule has 3 rings (SSSR count). The first-order valence-electron chi connectivity index (χ1n) is 4.97. The topological polar surface area (TPSA) is 88.2 Å². The number of aliphatic hydroxyl groups is 1. The second kappa shape index (κ2) is 3.28. The van der Waals surface area contributed by atoms with Crippen LogP contribution in [-0.2, 0) is 10.4 Å². The second-order valence-corrected chi connectivity index (χ2v) is 4.84. The maximum atomic E-state index is 11.9. The molecule has 0 fully saturated rings. The minimum atomic E-state index is -1.67. The van der Waals surface area contributed by atoms with E-state index in [1.807, 2.05) is 0 Å². The molecule has 0 spiro atoms. The maximum absolute atomic E-state index is 11.9. The molecule has 86 valence electrons. The third-order valence-electron chi connectivity index (χ3n) is 2.77. The van der Waals surface area contributed by atoms with Crippen LogP contribution in [0.2, 0.25) is 0 Å². The molecule has 0 bridgehead atoms. The van der Waals surface area contributed by atoms with Gasteiger partial charge in [-0.3, -0.25) is 4.79 Å². The number of amides is 1. The first-order valence-corrected chi connectivity index (χ1v) is 5.79. The van der Waals surface area contributed by atoms with Crippen molar-refractivity contribution in [3.63, 3.8) is 0 Å². The van der Waals surface area contributed by atoms with Crippen molar-refractivity contribution in [2.75, 3.05) is 11.1 Å². The van der Waals surface area contributed by atoms with Gasteiger partial charge in [-0.05, 0) is 6.07 Å². The van der Waals surface area contributed by atoms with Gasteiger partial charge in [-0.25, -0.2) is 4.98 Å². The number of thiazole rings is 1. The van der Waals surface area contributed by atoms with E-state index < -0.39 is 11.5 Å². The van der Waals surface area contributed by atoms with E-state index in [0.29, 0.717) is 21.3 Å². The van der Waals surface area contributed by atoms with Gasteiger partial charge in [-0.1, -0.05) is 29.5 Å². The summed E-state index contributed by atoms with van der Waals surface area (Å²) in [6.45, 7) is 0. The van der Waals surface area contributed by atoms with Crippen LogP contribution in [0.1, 0.15) is 10.4 Å². The van der Waals surface area contributed by atoms with Gasteiger partial charge < -0.3 is 16.2 Å². The van der Waals surface area contributed by atoms with Gasteiger partial charge in [0.15, 0.2) is 5.13 Å². The molecular formula is C11H9N3O2S. The molecule has 2 heterocycles. The molecule has 0 saturated heterocycles. The molecule has 1 aliphatic heterocycles. The molecule has 5 nitrogen and oxygen atoms in total. The molecule has 6 heteroatoms. The van der Waals surface area contributed by atoms with Crippen LogP contribution in [0.5, 0.6) is 0 Å². The number of hydrogen-bond donors (Lipinski definition) is 3. The minimum absolute atomic E-state index is 0.325. The first kappa shape index (κ1) is 10.2. The highest BCUT2D eigenvalue weighted by molar-refractivity contribution is 7.15. The summed E-state index contributed by atoms with van der Waals surface area (Å²) in [5.41, 5.74) is 5.01. The lowest BCUT2D eigenvalue weighted by Crippen LogP contribution is -2.34. The first-order chi connectivity index (χ1) is 8.12. The number of anilines is 2. The molecule has 2 aromatic rings. The van der Waals surface area contributed by atoms with Crippen LogP contribution < -0.4 is 11.1 Å². The van der Waals surface area contributed by atoms with Gasteiger partial charge >= 0.3 is 0 Å². The monoisotopic (exact) mass is 247 g/mol. The Balaban J connectivity index is 2.23. The number of nitrogens with one attached hydrogen (secondary N) is 1. The number of para-hydroxylation sites is 1. The van der Waals surface area contributed by atoms with Gasteiger partial charge in [0.2, 0.25) is 5.60 Å². The Morgan fingerprint density at radius 3 is 2.88 bits per heavy atom. The molecule has 1 aromatic carbocycles. The number of carbonyl (C=O) groups excluding carboxylic acids is 1. The molecule has 1 unspecified atom stereocenters. The highest BCUT2D eigenvalue weighted by atomic mass is 32.1. The molecule has 1 atom stereocenters. The van der Waals surface area contributed by atoms with Gasteiger partial charge in [-0.2, -0.15) is 0 Å². The average Bonchev–Trinajstić information content (AvgIpc) is 2.85. The lowest BCUT2D eigenvalue weighted by molar-refractivity contribution is -0.129.